The number of hydrogen-bond donors (Lipinski definition) is 1. The third-order valence-electron chi connectivity index (χ3n) is 4.03. The van der Waals surface area contributed by atoms with Crippen LogP contribution in [0, 0.1) is 5.82 Å². The lowest BCUT2D eigenvalue weighted by Crippen LogP contribution is -2.50. The van der Waals surface area contributed by atoms with E-state index in [1.807, 2.05) is 6.92 Å². The minimum absolute atomic E-state index is 0.279. The van der Waals surface area contributed by atoms with Gasteiger partial charge in [0.15, 0.2) is 0 Å². The number of nitrogens with zero attached hydrogens (tertiary/aromatic N) is 1. The van der Waals surface area contributed by atoms with E-state index in [4.69, 9.17) is 4.74 Å². The van der Waals surface area contributed by atoms with Gasteiger partial charge in [-0.3, -0.25) is 14.5 Å². The van der Waals surface area contributed by atoms with Gasteiger partial charge in [0.1, 0.15) is 17.6 Å². The molecule has 6 heteroatoms. The van der Waals surface area contributed by atoms with Crippen LogP contribution in [-0.4, -0.2) is 25.0 Å². The van der Waals surface area contributed by atoms with Crippen LogP contribution < -0.4 is 15.0 Å². The molecule has 0 fully saturated rings. The maximum atomic E-state index is 13.7. The van der Waals surface area contributed by atoms with Gasteiger partial charge in [-0.05, 0) is 48.9 Å². The number of hydrogen-bond acceptors (Lipinski definition) is 3. The number of rotatable bonds is 3. The molecule has 0 aromatic heterocycles. The van der Waals surface area contributed by atoms with E-state index < -0.39 is 11.9 Å². The Hall–Kier alpha value is -2.89. The Labute approximate surface area is 139 Å². The normalized spacial score (nSPS) is 16.4. The number of carbonyl (C=O) groups is 2. The fourth-order valence-corrected chi connectivity index (χ4v) is 2.80. The van der Waals surface area contributed by atoms with E-state index in [-0.39, 0.29) is 11.8 Å². The molecule has 24 heavy (non-hydrogen) atoms. The van der Waals surface area contributed by atoms with Crippen LogP contribution in [0.4, 0.5) is 15.8 Å². The molecule has 0 aliphatic carbocycles. The smallest absolute Gasteiger partial charge is 0.259 e. The molecule has 1 atom stereocenters. The quantitative estimate of drug-likeness (QED) is 0.941. The molecular weight excluding hydrogens is 311 g/mol. The van der Waals surface area contributed by atoms with E-state index in [1.165, 1.54) is 30.2 Å². The highest BCUT2D eigenvalue weighted by Crippen LogP contribution is 2.35. The van der Waals surface area contributed by atoms with Gasteiger partial charge in [-0.15, -0.1) is 0 Å². The Morgan fingerprint density at radius 2 is 1.96 bits per heavy atom. The molecule has 1 aliphatic heterocycles. The maximum Gasteiger partial charge on any atom is 0.259 e. The largest absolute Gasteiger partial charge is 0.497 e. The summed E-state index contributed by atoms with van der Waals surface area (Å²) in [5, 5.41) is 2.72. The lowest BCUT2D eigenvalue weighted by molar-refractivity contribution is -0.117. The minimum atomic E-state index is -0.686. The topological polar surface area (TPSA) is 58.6 Å². The van der Waals surface area contributed by atoms with E-state index >= 15 is 0 Å². The number of ether oxygens (including phenoxy) is 1. The van der Waals surface area contributed by atoms with Gasteiger partial charge in [0, 0.05) is 5.56 Å². The molecule has 2 amide bonds. The molecule has 0 spiro atoms. The van der Waals surface area contributed by atoms with Crippen molar-refractivity contribution in [3.8, 4) is 5.75 Å². The molecule has 0 radical (unpaired) electrons. The third-order valence-corrected chi connectivity index (χ3v) is 4.03. The van der Waals surface area contributed by atoms with E-state index in [2.05, 4.69) is 5.32 Å². The average Bonchev–Trinajstić information content (AvgIpc) is 2.60. The second kappa shape index (κ2) is 6.31. The number of halogens is 1. The van der Waals surface area contributed by atoms with Crippen LogP contribution in [-0.2, 0) is 4.79 Å². The summed E-state index contributed by atoms with van der Waals surface area (Å²) in [4.78, 5) is 26.6. The van der Waals surface area contributed by atoms with Crippen LogP contribution in [0.1, 0.15) is 23.7 Å². The lowest BCUT2D eigenvalue weighted by Gasteiger charge is -2.36. The van der Waals surface area contributed by atoms with Gasteiger partial charge in [0.25, 0.3) is 5.91 Å². The Balaban J connectivity index is 2.06. The van der Waals surface area contributed by atoms with Crippen LogP contribution in [0.5, 0.6) is 5.75 Å². The van der Waals surface area contributed by atoms with E-state index in [0.717, 1.165) is 0 Å². The molecule has 1 unspecified atom stereocenters. The summed E-state index contributed by atoms with van der Waals surface area (Å²) in [5.41, 5.74) is 1.19. The second-order valence-electron chi connectivity index (χ2n) is 5.48. The number of methoxy groups -OCH3 is 1. The number of carbonyl (C=O) groups excluding carboxylic acids is 2. The van der Waals surface area contributed by atoms with Crippen molar-refractivity contribution in [1.82, 2.24) is 0 Å². The fourth-order valence-electron chi connectivity index (χ4n) is 2.80. The zero-order chi connectivity index (χ0) is 17.3. The van der Waals surface area contributed by atoms with E-state index in [0.29, 0.717) is 29.1 Å². The molecule has 124 valence electrons. The van der Waals surface area contributed by atoms with Gasteiger partial charge in [0.2, 0.25) is 5.91 Å². The zero-order valence-corrected chi connectivity index (χ0v) is 13.4. The first kappa shape index (κ1) is 16.0. The van der Waals surface area contributed by atoms with E-state index in [9.17, 15) is 14.0 Å². The SMILES string of the molecule is CCC1C(=O)Nc2ccc(F)cc2N1C(=O)c1ccc(OC)cc1. The molecule has 3 rings (SSSR count). The highest BCUT2D eigenvalue weighted by Gasteiger charge is 2.36. The van der Waals surface area contributed by atoms with Gasteiger partial charge < -0.3 is 10.1 Å². The van der Waals surface area contributed by atoms with Crippen molar-refractivity contribution in [2.45, 2.75) is 19.4 Å². The summed E-state index contributed by atoms with van der Waals surface area (Å²) in [6, 6.07) is 9.88. The van der Waals surface area contributed by atoms with E-state index in [1.54, 1.807) is 24.3 Å². The highest BCUT2D eigenvalue weighted by molar-refractivity contribution is 6.16. The van der Waals surface area contributed by atoms with Crippen LogP contribution >= 0.6 is 0 Å². The first-order valence-electron chi connectivity index (χ1n) is 7.63. The monoisotopic (exact) mass is 328 g/mol. The predicted molar refractivity (Wildman–Crippen MR) is 88.9 cm³/mol. The predicted octanol–water partition coefficient (Wildman–Crippen LogP) is 3.21. The zero-order valence-electron chi connectivity index (χ0n) is 13.4. The second-order valence-corrected chi connectivity index (χ2v) is 5.48. The lowest BCUT2D eigenvalue weighted by atomic mass is 10.0. The van der Waals surface area contributed by atoms with Crippen molar-refractivity contribution >= 4 is 23.2 Å². The number of anilines is 2. The molecule has 2 aromatic carbocycles. The van der Waals surface area contributed by atoms with Crippen LogP contribution in [0.2, 0.25) is 0 Å². The van der Waals surface area contributed by atoms with Crippen LogP contribution in [0.15, 0.2) is 42.5 Å². The standard InChI is InChI=1S/C18H17FN2O3/c1-3-15-17(22)20-14-9-6-12(19)10-16(14)21(15)18(23)11-4-7-13(24-2)8-5-11/h4-10,15H,3H2,1-2H3,(H,20,22). The van der Waals surface area contributed by atoms with Gasteiger partial charge in [-0.25, -0.2) is 4.39 Å². The number of nitrogens with one attached hydrogen (secondary N) is 1. The van der Waals surface area contributed by atoms with Crippen molar-refractivity contribution in [2.75, 3.05) is 17.3 Å². The van der Waals surface area contributed by atoms with Crippen LogP contribution in [0.25, 0.3) is 0 Å². The van der Waals surface area contributed by atoms with Gasteiger partial charge >= 0.3 is 0 Å². The molecule has 0 saturated heterocycles. The summed E-state index contributed by atoms with van der Waals surface area (Å²) >= 11 is 0. The number of benzene rings is 2. The van der Waals surface area contributed by atoms with Gasteiger partial charge in [-0.1, -0.05) is 6.92 Å². The van der Waals surface area contributed by atoms with Gasteiger partial charge in [-0.2, -0.15) is 0 Å². The van der Waals surface area contributed by atoms with Crippen molar-refractivity contribution in [2.24, 2.45) is 0 Å². The summed E-state index contributed by atoms with van der Waals surface area (Å²) in [6.45, 7) is 1.81. The number of fused-ring (bicyclic) bond motifs is 1. The van der Waals surface area contributed by atoms with Crippen molar-refractivity contribution < 1.29 is 18.7 Å². The molecule has 2 aromatic rings. The molecule has 5 nitrogen and oxygen atoms in total. The Bertz CT molecular complexity index is 789. The Kier molecular flexibility index (Phi) is 4.20. The highest BCUT2D eigenvalue weighted by atomic mass is 19.1. The summed E-state index contributed by atoms with van der Waals surface area (Å²) < 4.78 is 18.8. The van der Waals surface area contributed by atoms with Crippen molar-refractivity contribution in [3.05, 3.63) is 53.8 Å². The number of amides is 2. The van der Waals surface area contributed by atoms with Gasteiger partial charge in [0.05, 0.1) is 18.5 Å². The van der Waals surface area contributed by atoms with Crippen molar-refractivity contribution in [1.29, 1.82) is 0 Å². The molecule has 1 aliphatic rings. The summed E-state index contributed by atoms with van der Waals surface area (Å²) in [5.74, 6) is -0.474. The first-order chi connectivity index (χ1) is 11.5. The molecule has 0 bridgehead atoms. The maximum absolute atomic E-state index is 13.7. The summed E-state index contributed by atoms with van der Waals surface area (Å²) in [6.07, 6.45) is 0.420. The molecule has 1 N–H and O–H groups in total. The Morgan fingerprint density at radius 3 is 2.58 bits per heavy atom. The summed E-state index contributed by atoms with van der Waals surface area (Å²) in [7, 11) is 1.54. The first-order valence-corrected chi connectivity index (χ1v) is 7.63. The van der Waals surface area contributed by atoms with Crippen molar-refractivity contribution in [3.63, 3.8) is 0 Å². The van der Waals surface area contributed by atoms with Crippen LogP contribution in [0.3, 0.4) is 0 Å². The molecule has 1 heterocycles. The fraction of sp³-hybridized carbons (Fsp3) is 0.222. The average molecular weight is 328 g/mol. The minimum Gasteiger partial charge on any atom is -0.497 e. The molecule has 0 saturated carbocycles. The Morgan fingerprint density at radius 1 is 1.25 bits per heavy atom. The third kappa shape index (κ3) is 2.71. The molecular formula is C18H17FN2O3.